The molecule has 7 heteroatoms. The van der Waals surface area contributed by atoms with Crippen LogP contribution in [0.25, 0.3) is 22.2 Å². The molecule has 0 spiro atoms. The van der Waals surface area contributed by atoms with Crippen molar-refractivity contribution in [2.75, 3.05) is 40.8 Å². The molecule has 0 bridgehead atoms. The maximum Gasteiger partial charge on any atom is 0.139 e. The highest BCUT2D eigenvalue weighted by Crippen LogP contribution is 2.26. The number of benzene rings is 2. The largest absolute Gasteiger partial charge is 0.368 e. The maximum atomic E-state index is 6.12. The molecule has 0 atom stereocenters. The van der Waals surface area contributed by atoms with Crippen molar-refractivity contribution in [1.29, 1.82) is 0 Å². The Kier molecular flexibility index (Phi) is 18.9. The second-order valence-corrected chi connectivity index (χ2v) is 14.0. The van der Waals surface area contributed by atoms with Crippen LogP contribution in [0.4, 0.5) is 0 Å². The molecular formula is C44H67N7. The fourth-order valence-electron chi connectivity index (χ4n) is 5.36. The van der Waals surface area contributed by atoms with Gasteiger partial charge in [-0.1, -0.05) is 120 Å². The highest BCUT2D eigenvalue weighted by atomic mass is 15.3. The summed E-state index contributed by atoms with van der Waals surface area (Å²) in [7, 11) is 6.10. The van der Waals surface area contributed by atoms with E-state index < -0.39 is 0 Å². The van der Waals surface area contributed by atoms with Crippen molar-refractivity contribution >= 4 is 16.7 Å². The first-order valence-electron chi connectivity index (χ1n) is 18.5. The number of unbranched alkanes of at least 4 members (excludes halogenated alkanes) is 1. The zero-order chi connectivity index (χ0) is 37.9. The molecule has 0 unspecified atom stereocenters. The Morgan fingerprint density at radius 3 is 2.25 bits per heavy atom. The van der Waals surface area contributed by atoms with Gasteiger partial charge in [0.1, 0.15) is 11.7 Å². The van der Waals surface area contributed by atoms with Crippen LogP contribution in [-0.4, -0.2) is 72.3 Å². The molecule has 2 heterocycles. The van der Waals surface area contributed by atoms with Crippen LogP contribution in [0, 0.1) is 5.92 Å². The van der Waals surface area contributed by atoms with Gasteiger partial charge in [0.2, 0.25) is 0 Å². The van der Waals surface area contributed by atoms with E-state index in [0.717, 1.165) is 77.9 Å². The number of fused-ring (bicyclic) bond motifs is 1. The van der Waals surface area contributed by atoms with Gasteiger partial charge in [-0.2, -0.15) is 0 Å². The first-order valence-corrected chi connectivity index (χ1v) is 18.5. The molecule has 7 nitrogen and oxygen atoms in total. The lowest BCUT2D eigenvalue weighted by Crippen LogP contribution is -2.42. The van der Waals surface area contributed by atoms with Crippen LogP contribution >= 0.6 is 0 Å². The number of aromatic amines is 1. The number of nitrogens with zero attached hydrogens (tertiary/aromatic N) is 4. The zero-order valence-electron chi connectivity index (χ0n) is 33.2. The molecular weight excluding hydrogens is 627 g/mol. The molecule has 4 N–H and O–H groups in total. The lowest BCUT2D eigenvalue weighted by molar-refractivity contribution is 0.311. The molecule has 1 aliphatic heterocycles. The number of hydrogen-bond acceptors (Lipinski definition) is 5. The smallest absolute Gasteiger partial charge is 0.139 e. The molecule has 0 radical (unpaired) electrons. The van der Waals surface area contributed by atoms with E-state index in [-0.39, 0.29) is 12.0 Å². The fourth-order valence-corrected chi connectivity index (χ4v) is 5.36. The van der Waals surface area contributed by atoms with Crippen LogP contribution in [0.15, 0.2) is 120 Å². The Bertz CT molecular complexity index is 1580. The number of likely N-dealkylation sites (tertiary alicyclic amines) is 1. The third kappa shape index (κ3) is 14.8. The molecule has 0 aliphatic carbocycles. The molecule has 0 amide bonds. The van der Waals surface area contributed by atoms with Crippen LogP contribution in [0.2, 0.25) is 0 Å². The van der Waals surface area contributed by atoms with Gasteiger partial charge in [0.15, 0.2) is 0 Å². The Morgan fingerprint density at radius 2 is 1.69 bits per heavy atom. The van der Waals surface area contributed by atoms with E-state index in [9.17, 15) is 0 Å². The molecule has 1 aliphatic rings. The van der Waals surface area contributed by atoms with Crippen molar-refractivity contribution in [2.24, 2.45) is 16.6 Å². The van der Waals surface area contributed by atoms with Crippen molar-refractivity contribution < 1.29 is 0 Å². The summed E-state index contributed by atoms with van der Waals surface area (Å²) in [6, 6.07) is 19.4. The number of rotatable bonds is 13. The predicted octanol–water partition coefficient (Wildman–Crippen LogP) is 9.71. The van der Waals surface area contributed by atoms with Gasteiger partial charge < -0.3 is 30.7 Å². The molecule has 2 aromatic carbocycles. The Labute approximate surface area is 310 Å². The number of piperidine rings is 1. The summed E-state index contributed by atoms with van der Waals surface area (Å²) < 4.78 is 0. The maximum absolute atomic E-state index is 6.12. The first kappa shape index (κ1) is 42.8. The average molecular weight is 694 g/mol. The quantitative estimate of drug-likeness (QED) is 0.0945. The Morgan fingerprint density at radius 1 is 1.02 bits per heavy atom. The molecule has 0 saturated carbocycles. The number of hydrogen-bond donors (Lipinski definition) is 3. The third-order valence-electron chi connectivity index (χ3n) is 8.73. The minimum absolute atomic E-state index is 0.275. The summed E-state index contributed by atoms with van der Waals surface area (Å²) in [5.74, 6) is 2.93. The lowest BCUT2D eigenvalue weighted by Gasteiger charge is -2.33. The van der Waals surface area contributed by atoms with Gasteiger partial charge >= 0.3 is 0 Å². The van der Waals surface area contributed by atoms with Crippen molar-refractivity contribution in [3.8, 4) is 11.3 Å². The monoisotopic (exact) mass is 694 g/mol. The molecule has 1 fully saturated rings. The number of nitrogens with two attached hydrogens (primary N) is 1. The van der Waals surface area contributed by atoms with Gasteiger partial charge in [-0.05, 0) is 81.6 Å². The highest BCUT2D eigenvalue weighted by Gasteiger charge is 2.20. The van der Waals surface area contributed by atoms with E-state index in [1.807, 2.05) is 45.1 Å². The van der Waals surface area contributed by atoms with Crippen LogP contribution in [0.3, 0.4) is 0 Å². The summed E-state index contributed by atoms with van der Waals surface area (Å²) >= 11 is 0. The summed E-state index contributed by atoms with van der Waals surface area (Å²) in [4.78, 5) is 15.1. The van der Waals surface area contributed by atoms with Gasteiger partial charge in [0.05, 0.1) is 5.82 Å². The van der Waals surface area contributed by atoms with Crippen molar-refractivity contribution in [3.63, 3.8) is 0 Å². The lowest BCUT2D eigenvalue weighted by atomic mass is 10.0. The van der Waals surface area contributed by atoms with Gasteiger partial charge in [0, 0.05) is 55.9 Å². The Balaban J connectivity index is 0.000000591. The van der Waals surface area contributed by atoms with Gasteiger partial charge in [-0.3, -0.25) is 0 Å². The van der Waals surface area contributed by atoms with E-state index in [1.165, 1.54) is 23.8 Å². The molecule has 278 valence electrons. The number of H-pyrrole nitrogens is 1. The van der Waals surface area contributed by atoms with Crippen molar-refractivity contribution in [2.45, 2.75) is 79.8 Å². The van der Waals surface area contributed by atoms with E-state index in [2.05, 4.69) is 135 Å². The molecule has 1 aromatic heterocycles. The SMILES string of the molecule is C=C(C)/C=C/CN(C)C.C=C/C(=C(/N=C(\C)N1CCC(N)CC1)N(C)C(=C)NCc1cccc(-c2cc3ccccc3[nH]2)c1)C(C)C.CCCC. The number of nitrogens with one attached hydrogen (secondary N) is 2. The van der Waals surface area contributed by atoms with Crippen LogP contribution in [0.1, 0.15) is 72.8 Å². The van der Waals surface area contributed by atoms with Crippen molar-refractivity contribution in [1.82, 2.24) is 25.0 Å². The number of likely N-dealkylation sites (N-methyl/N-ethyl adjacent to an activating group) is 1. The normalized spacial score (nSPS) is 14.1. The summed E-state index contributed by atoms with van der Waals surface area (Å²) in [6.07, 6.45) is 10.7. The number of aromatic nitrogens is 1. The van der Waals surface area contributed by atoms with Gasteiger partial charge in [-0.25, -0.2) is 4.99 Å². The number of para-hydroxylation sites is 1. The standard InChI is InChI=1S/C32H42N6.C8H15N.C4H10/c1-7-29(22(2)3)32(35-24(5)38-17-15-28(33)16-18-38)37(6)23(4)34-21-25-11-10-13-26(19-25)31-20-27-12-8-9-14-30(27)36-31;1-8(2)6-5-7-9(3)4;1-3-4-2/h7-14,19-20,22,28,34,36H,1,4,15-18,21,33H2,2-3,5-6H3;5-6H,1,7H2,2-4H3;3-4H2,1-2H3/b32-29+,35-24+;6-5+;. The Hall–Kier alpha value is -4.33. The minimum atomic E-state index is 0.275. The highest BCUT2D eigenvalue weighted by molar-refractivity contribution is 5.85. The second-order valence-electron chi connectivity index (χ2n) is 14.0. The van der Waals surface area contributed by atoms with Crippen molar-refractivity contribution in [3.05, 3.63) is 121 Å². The van der Waals surface area contributed by atoms with Crippen LogP contribution < -0.4 is 11.1 Å². The van der Waals surface area contributed by atoms with E-state index in [0.29, 0.717) is 6.54 Å². The van der Waals surface area contributed by atoms with E-state index >= 15 is 0 Å². The van der Waals surface area contributed by atoms with Gasteiger partial charge in [-0.15, -0.1) is 0 Å². The zero-order valence-corrected chi connectivity index (χ0v) is 33.2. The molecule has 3 aromatic rings. The molecule has 1 saturated heterocycles. The first-order chi connectivity index (χ1) is 24.3. The summed E-state index contributed by atoms with van der Waals surface area (Å²) in [5.41, 5.74) is 12.9. The average Bonchev–Trinajstić information content (AvgIpc) is 3.55. The third-order valence-corrected chi connectivity index (χ3v) is 8.73. The topological polar surface area (TPSA) is 75.9 Å². The predicted molar refractivity (Wildman–Crippen MR) is 225 cm³/mol. The summed E-state index contributed by atoms with van der Waals surface area (Å²) in [5, 5.41) is 4.73. The molecule has 51 heavy (non-hydrogen) atoms. The van der Waals surface area contributed by atoms with Gasteiger partial charge in [0.25, 0.3) is 0 Å². The number of allylic oxidation sites excluding steroid dienone is 4. The summed E-state index contributed by atoms with van der Waals surface area (Å²) in [6.45, 7) is 28.5. The number of amidine groups is 1. The molecule has 4 rings (SSSR count). The fraction of sp³-hybridized carbons (Fsp3) is 0.432. The van der Waals surface area contributed by atoms with Crippen LogP contribution in [0.5, 0.6) is 0 Å². The minimum Gasteiger partial charge on any atom is -0.368 e. The second kappa shape index (κ2) is 22.5. The van der Waals surface area contributed by atoms with E-state index in [4.69, 9.17) is 10.7 Å². The van der Waals surface area contributed by atoms with Crippen LogP contribution in [-0.2, 0) is 6.54 Å². The van der Waals surface area contributed by atoms with E-state index in [1.54, 1.807) is 0 Å². The number of aliphatic imine (C=N–C) groups is 1.